The van der Waals surface area contributed by atoms with E-state index in [-0.39, 0.29) is 6.61 Å². The molecule has 0 radical (unpaired) electrons. The van der Waals surface area contributed by atoms with Crippen LogP contribution in [-0.4, -0.2) is 37.5 Å². The van der Waals surface area contributed by atoms with Gasteiger partial charge in [-0.1, -0.05) is 0 Å². The zero-order chi connectivity index (χ0) is 12.8. The molecule has 0 aliphatic rings. The number of carboxylic acids is 1. The van der Waals surface area contributed by atoms with Crippen LogP contribution in [0, 0.1) is 10.1 Å². The highest BCUT2D eigenvalue weighted by molar-refractivity contribution is 5.89. The van der Waals surface area contributed by atoms with Crippen LogP contribution in [0.1, 0.15) is 29.8 Å². The Labute approximate surface area is 96.6 Å². The van der Waals surface area contributed by atoms with Gasteiger partial charge in [0, 0.05) is 13.2 Å². The van der Waals surface area contributed by atoms with E-state index in [1.54, 1.807) is 0 Å². The lowest BCUT2D eigenvalue weighted by atomic mass is 10.2. The quantitative estimate of drug-likeness (QED) is 0.412. The van der Waals surface area contributed by atoms with Gasteiger partial charge in [-0.05, 0) is 19.3 Å². The van der Waals surface area contributed by atoms with E-state index in [1.807, 2.05) is 0 Å². The smallest absolute Gasteiger partial charge is 0.363 e. The van der Waals surface area contributed by atoms with Gasteiger partial charge in [0.1, 0.15) is 6.20 Å². The number of aliphatic hydroxyl groups is 1. The minimum Gasteiger partial charge on any atom is -0.476 e. The number of nitro groups is 1. The van der Waals surface area contributed by atoms with Crippen LogP contribution in [0.25, 0.3) is 0 Å². The van der Waals surface area contributed by atoms with Gasteiger partial charge in [0.25, 0.3) is 0 Å². The Hall–Kier alpha value is -1.96. The fourth-order valence-electron chi connectivity index (χ4n) is 1.37. The fraction of sp³-hybridized carbons (Fsp3) is 0.556. The number of aryl methyl sites for hydroxylation is 1. The Balaban J connectivity index is 2.71. The first kappa shape index (κ1) is 13.1. The number of aliphatic hydroxyl groups excluding tert-OH is 1. The van der Waals surface area contributed by atoms with Crippen molar-refractivity contribution in [3.05, 3.63) is 22.0 Å². The van der Waals surface area contributed by atoms with Crippen LogP contribution in [0.3, 0.4) is 0 Å². The maximum Gasteiger partial charge on any atom is 0.363 e. The molecule has 0 amide bonds. The first-order chi connectivity index (χ1) is 8.06. The number of hydrogen-bond donors (Lipinski definition) is 2. The lowest BCUT2D eigenvalue weighted by molar-refractivity contribution is -0.385. The third kappa shape index (κ3) is 3.52. The molecular formula is C9H13N3O5. The van der Waals surface area contributed by atoms with Crippen LogP contribution in [0.5, 0.6) is 0 Å². The molecule has 1 aromatic heterocycles. The van der Waals surface area contributed by atoms with E-state index >= 15 is 0 Å². The molecule has 0 aliphatic carbocycles. The van der Waals surface area contributed by atoms with Gasteiger partial charge in [-0.2, -0.15) is 5.10 Å². The molecular weight excluding hydrogens is 230 g/mol. The summed E-state index contributed by atoms with van der Waals surface area (Å²) in [6.45, 7) is 0.494. The predicted molar refractivity (Wildman–Crippen MR) is 56.8 cm³/mol. The number of rotatable bonds is 7. The molecule has 0 saturated carbocycles. The molecule has 17 heavy (non-hydrogen) atoms. The van der Waals surface area contributed by atoms with Crippen molar-refractivity contribution in [2.24, 2.45) is 0 Å². The summed E-state index contributed by atoms with van der Waals surface area (Å²) in [5, 5.41) is 31.5. The van der Waals surface area contributed by atoms with E-state index in [0.29, 0.717) is 19.4 Å². The molecule has 0 atom stereocenters. The molecule has 1 aromatic rings. The second-order valence-corrected chi connectivity index (χ2v) is 3.47. The largest absolute Gasteiger partial charge is 0.476 e. The normalized spacial score (nSPS) is 10.4. The molecule has 0 bridgehead atoms. The zero-order valence-corrected chi connectivity index (χ0v) is 9.07. The molecule has 0 aliphatic heterocycles. The molecule has 0 saturated heterocycles. The van der Waals surface area contributed by atoms with Crippen LogP contribution >= 0.6 is 0 Å². The number of aromatic carboxylic acids is 1. The highest BCUT2D eigenvalue weighted by Gasteiger charge is 2.24. The van der Waals surface area contributed by atoms with Crippen molar-refractivity contribution < 1.29 is 19.9 Å². The van der Waals surface area contributed by atoms with Gasteiger partial charge in [0.2, 0.25) is 5.69 Å². The van der Waals surface area contributed by atoms with Crippen LogP contribution < -0.4 is 0 Å². The Morgan fingerprint density at radius 2 is 2.18 bits per heavy atom. The van der Waals surface area contributed by atoms with E-state index < -0.39 is 22.3 Å². The highest BCUT2D eigenvalue weighted by Crippen LogP contribution is 2.16. The second-order valence-electron chi connectivity index (χ2n) is 3.47. The number of unbranched alkanes of at least 4 members (excludes halogenated alkanes) is 2. The third-order valence-corrected chi connectivity index (χ3v) is 2.19. The van der Waals surface area contributed by atoms with E-state index in [9.17, 15) is 14.9 Å². The highest BCUT2D eigenvalue weighted by atomic mass is 16.6. The molecule has 0 spiro atoms. The van der Waals surface area contributed by atoms with Gasteiger partial charge in [0.05, 0.1) is 4.92 Å². The number of carboxylic acid groups (broad SMARTS) is 1. The molecule has 0 fully saturated rings. The van der Waals surface area contributed by atoms with Gasteiger partial charge < -0.3 is 10.2 Å². The van der Waals surface area contributed by atoms with Gasteiger partial charge in [0.15, 0.2) is 0 Å². The molecule has 0 unspecified atom stereocenters. The minimum atomic E-state index is -1.41. The summed E-state index contributed by atoms with van der Waals surface area (Å²) < 4.78 is 1.25. The Morgan fingerprint density at radius 3 is 2.65 bits per heavy atom. The summed E-state index contributed by atoms with van der Waals surface area (Å²) in [5.41, 5.74) is -1.04. The zero-order valence-electron chi connectivity index (χ0n) is 9.07. The topological polar surface area (TPSA) is 118 Å². The van der Waals surface area contributed by atoms with E-state index in [0.717, 1.165) is 12.6 Å². The lowest BCUT2D eigenvalue weighted by Gasteiger charge is -1.99. The first-order valence-electron chi connectivity index (χ1n) is 5.12. The Bertz CT molecular complexity index is 383. The van der Waals surface area contributed by atoms with Crippen molar-refractivity contribution in [2.75, 3.05) is 6.61 Å². The average Bonchev–Trinajstić information content (AvgIpc) is 2.69. The van der Waals surface area contributed by atoms with Crippen molar-refractivity contribution in [1.29, 1.82) is 0 Å². The Morgan fingerprint density at radius 1 is 1.47 bits per heavy atom. The monoisotopic (exact) mass is 243 g/mol. The molecule has 94 valence electrons. The van der Waals surface area contributed by atoms with Gasteiger partial charge >= 0.3 is 11.7 Å². The van der Waals surface area contributed by atoms with Crippen molar-refractivity contribution in [3.63, 3.8) is 0 Å². The standard InChI is InChI=1S/C9H13N3O5/c13-5-3-1-2-4-11-6-7(12(16)17)8(10-11)9(14)15/h6,13H,1-5H2,(H,14,15). The predicted octanol–water partition coefficient (Wildman–Crippen LogP) is 0.652. The maximum atomic E-state index is 10.7. The third-order valence-electron chi connectivity index (χ3n) is 2.19. The molecule has 8 nitrogen and oxygen atoms in total. The van der Waals surface area contributed by atoms with Crippen molar-refractivity contribution in [3.8, 4) is 0 Å². The SMILES string of the molecule is O=C(O)c1nn(CCCCCO)cc1[N+](=O)[O-]. The second kappa shape index (κ2) is 5.94. The van der Waals surface area contributed by atoms with Gasteiger partial charge in [-0.25, -0.2) is 4.79 Å². The summed E-state index contributed by atoms with van der Waals surface area (Å²) in [6, 6.07) is 0. The lowest BCUT2D eigenvalue weighted by Crippen LogP contribution is -2.04. The van der Waals surface area contributed by atoms with Gasteiger partial charge in [-0.15, -0.1) is 0 Å². The number of carbonyl (C=O) groups is 1. The number of nitrogens with zero attached hydrogens (tertiary/aromatic N) is 3. The summed E-state index contributed by atoms with van der Waals surface area (Å²) >= 11 is 0. The molecule has 1 rings (SSSR count). The van der Waals surface area contributed by atoms with E-state index in [2.05, 4.69) is 5.10 Å². The summed E-state index contributed by atoms with van der Waals surface area (Å²) in [4.78, 5) is 20.5. The van der Waals surface area contributed by atoms with Crippen molar-refractivity contribution in [1.82, 2.24) is 9.78 Å². The van der Waals surface area contributed by atoms with Crippen molar-refractivity contribution >= 4 is 11.7 Å². The van der Waals surface area contributed by atoms with Gasteiger partial charge in [-0.3, -0.25) is 14.8 Å². The molecule has 1 heterocycles. The first-order valence-corrected chi connectivity index (χ1v) is 5.12. The molecule has 0 aromatic carbocycles. The Kier molecular flexibility index (Phi) is 4.58. The molecule has 2 N–H and O–H groups in total. The van der Waals surface area contributed by atoms with Crippen LogP contribution in [0.15, 0.2) is 6.20 Å². The van der Waals surface area contributed by atoms with Crippen LogP contribution in [-0.2, 0) is 6.54 Å². The summed E-state index contributed by atoms with van der Waals surface area (Å²) in [5.74, 6) is -1.41. The number of aromatic nitrogens is 2. The average molecular weight is 243 g/mol. The summed E-state index contributed by atoms with van der Waals surface area (Å²) in [6.07, 6.45) is 3.20. The summed E-state index contributed by atoms with van der Waals surface area (Å²) in [7, 11) is 0. The molecule has 8 heteroatoms. The van der Waals surface area contributed by atoms with Crippen LogP contribution in [0.4, 0.5) is 5.69 Å². The van der Waals surface area contributed by atoms with E-state index in [4.69, 9.17) is 10.2 Å². The minimum absolute atomic E-state index is 0.0969. The van der Waals surface area contributed by atoms with Crippen LogP contribution in [0.2, 0.25) is 0 Å². The fourth-order valence-corrected chi connectivity index (χ4v) is 1.37. The maximum absolute atomic E-state index is 10.7. The van der Waals surface area contributed by atoms with E-state index in [1.165, 1.54) is 4.68 Å². The van der Waals surface area contributed by atoms with Crippen molar-refractivity contribution in [2.45, 2.75) is 25.8 Å². The number of hydrogen-bond acceptors (Lipinski definition) is 5.